The van der Waals surface area contributed by atoms with Crippen LogP contribution in [-0.2, 0) is 9.53 Å². The highest BCUT2D eigenvalue weighted by Crippen LogP contribution is 2.27. The summed E-state index contributed by atoms with van der Waals surface area (Å²) in [6.07, 6.45) is 3.16. The van der Waals surface area contributed by atoms with Crippen molar-refractivity contribution in [2.45, 2.75) is 25.8 Å². The Bertz CT molecular complexity index is 513. The summed E-state index contributed by atoms with van der Waals surface area (Å²) in [6, 6.07) is 2.86. The Morgan fingerprint density at radius 2 is 2.16 bits per heavy atom. The molecule has 102 valence electrons. The third-order valence-electron chi connectivity index (χ3n) is 2.88. The van der Waals surface area contributed by atoms with E-state index >= 15 is 0 Å². The van der Waals surface area contributed by atoms with Crippen molar-refractivity contribution in [2.24, 2.45) is 0 Å². The number of hydrogen-bond acceptors (Lipinski definition) is 4. The predicted octanol–water partition coefficient (Wildman–Crippen LogP) is 0.543. The monoisotopic (exact) mass is 264 g/mol. The van der Waals surface area contributed by atoms with Gasteiger partial charge in [0.25, 0.3) is 5.91 Å². The Morgan fingerprint density at radius 1 is 1.42 bits per heavy atom. The summed E-state index contributed by atoms with van der Waals surface area (Å²) < 4.78 is 4.86. The van der Waals surface area contributed by atoms with Crippen LogP contribution in [0.2, 0.25) is 0 Å². The van der Waals surface area contributed by atoms with Crippen molar-refractivity contribution < 1.29 is 14.3 Å². The number of aromatic amines is 1. The number of H-pyrrole nitrogens is 1. The van der Waals surface area contributed by atoms with Crippen LogP contribution in [0.25, 0.3) is 0 Å². The fourth-order valence-corrected chi connectivity index (χ4v) is 1.81. The number of hydrogen-bond donors (Lipinski definition) is 1. The molecule has 19 heavy (non-hydrogen) atoms. The first-order valence-corrected chi connectivity index (χ1v) is 6.27. The molecule has 1 heterocycles. The van der Waals surface area contributed by atoms with Crippen molar-refractivity contribution in [3.05, 3.63) is 34.2 Å². The number of carbonyl (C=O) groups excluding carboxylic acids is 2. The lowest BCUT2D eigenvalue weighted by atomic mass is 10.2. The van der Waals surface area contributed by atoms with Gasteiger partial charge in [0.2, 0.25) is 5.56 Å². The van der Waals surface area contributed by atoms with Gasteiger partial charge in [-0.3, -0.25) is 14.4 Å². The molecule has 0 bridgehead atoms. The summed E-state index contributed by atoms with van der Waals surface area (Å²) in [6.45, 7) is 1.98. The van der Waals surface area contributed by atoms with Gasteiger partial charge < -0.3 is 14.6 Å². The number of carbonyl (C=O) groups is 2. The highest BCUT2D eigenvalue weighted by Gasteiger charge is 2.34. The largest absolute Gasteiger partial charge is 0.465 e. The van der Waals surface area contributed by atoms with E-state index in [1.165, 1.54) is 23.2 Å². The smallest absolute Gasteiger partial charge is 0.325 e. The second kappa shape index (κ2) is 5.69. The fraction of sp³-hybridized carbons (Fsp3) is 0.462. The molecule has 6 nitrogen and oxygen atoms in total. The zero-order chi connectivity index (χ0) is 13.8. The number of pyridine rings is 1. The maximum absolute atomic E-state index is 12.3. The van der Waals surface area contributed by atoms with E-state index in [0.717, 1.165) is 12.8 Å². The molecule has 0 unspecified atom stereocenters. The molecule has 0 spiro atoms. The van der Waals surface area contributed by atoms with Crippen LogP contribution >= 0.6 is 0 Å². The van der Waals surface area contributed by atoms with Crippen LogP contribution in [0.4, 0.5) is 0 Å². The van der Waals surface area contributed by atoms with E-state index in [2.05, 4.69) is 4.98 Å². The van der Waals surface area contributed by atoms with Gasteiger partial charge in [-0.25, -0.2) is 0 Å². The molecule has 1 amide bonds. The fourth-order valence-electron chi connectivity index (χ4n) is 1.81. The zero-order valence-corrected chi connectivity index (χ0v) is 10.7. The van der Waals surface area contributed by atoms with Gasteiger partial charge in [-0.2, -0.15) is 0 Å². The van der Waals surface area contributed by atoms with Crippen LogP contribution in [0, 0.1) is 0 Å². The third-order valence-corrected chi connectivity index (χ3v) is 2.88. The molecule has 2 rings (SSSR count). The quantitative estimate of drug-likeness (QED) is 0.787. The van der Waals surface area contributed by atoms with E-state index in [0.29, 0.717) is 12.2 Å². The first kappa shape index (κ1) is 13.3. The predicted molar refractivity (Wildman–Crippen MR) is 67.8 cm³/mol. The van der Waals surface area contributed by atoms with Crippen molar-refractivity contribution in [1.82, 2.24) is 9.88 Å². The Balaban J connectivity index is 2.10. The van der Waals surface area contributed by atoms with Crippen LogP contribution in [0.1, 0.15) is 30.1 Å². The maximum Gasteiger partial charge on any atom is 0.325 e. The van der Waals surface area contributed by atoms with Gasteiger partial charge in [-0.15, -0.1) is 0 Å². The second-order valence-electron chi connectivity index (χ2n) is 4.41. The van der Waals surface area contributed by atoms with E-state index in [9.17, 15) is 14.4 Å². The first-order chi connectivity index (χ1) is 9.11. The number of amides is 1. The van der Waals surface area contributed by atoms with Gasteiger partial charge in [-0.1, -0.05) is 0 Å². The number of rotatable bonds is 5. The van der Waals surface area contributed by atoms with Crippen molar-refractivity contribution in [3.8, 4) is 0 Å². The number of nitrogens with one attached hydrogen (secondary N) is 1. The van der Waals surface area contributed by atoms with E-state index in [1.807, 2.05) is 0 Å². The lowest BCUT2D eigenvalue weighted by molar-refractivity contribution is -0.144. The van der Waals surface area contributed by atoms with Crippen molar-refractivity contribution in [3.63, 3.8) is 0 Å². The van der Waals surface area contributed by atoms with Gasteiger partial charge in [0.05, 0.1) is 12.2 Å². The average Bonchev–Trinajstić information content (AvgIpc) is 3.21. The molecular formula is C13H16N2O4. The SMILES string of the molecule is CCOC(=O)CN(C(=O)c1ccc(=O)[nH]c1)C1CC1. The van der Waals surface area contributed by atoms with Crippen molar-refractivity contribution in [1.29, 1.82) is 0 Å². The van der Waals surface area contributed by atoms with E-state index in [4.69, 9.17) is 4.74 Å². The molecule has 1 saturated carbocycles. The maximum atomic E-state index is 12.3. The summed E-state index contributed by atoms with van der Waals surface area (Å²) >= 11 is 0. The van der Waals surface area contributed by atoms with Crippen LogP contribution in [0.15, 0.2) is 23.1 Å². The molecule has 1 fully saturated rings. The van der Waals surface area contributed by atoms with Crippen LogP contribution < -0.4 is 5.56 Å². The Hall–Kier alpha value is -2.11. The van der Waals surface area contributed by atoms with Crippen LogP contribution in [0.5, 0.6) is 0 Å². The lowest BCUT2D eigenvalue weighted by Gasteiger charge is -2.21. The first-order valence-electron chi connectivity index (χ1n) is 6.27. The van der Waals surface area contributed by atoms with Gasteiger partial charge in [0.15, 0.2) is 0 Å². The molecule has 1 aromatic rings. The molecule has 0 saturated heterocycles. The molecule has 6 heteroatoms. The summed E-state index contributed by atoms with van der Waals surface area (Å²) in [5, 5.41) is 0. The molecular weight excluding hydrogens is 248 g/mol. The minimum atomic E-state index is -0.410. The molecule has 1 aromatic heterocycles. The van der Waals surface area contributed by atoms with E-state index < -0.39 is 5.97 Å². The Labute approximate surface area is 110 Å². The van der Waals surface area contributed by atoms with Gasteiger partial charge in [0.1, 0.15) is 6.54 Å². The number of esters is 1. The standard InChI is InChI=1S/C13H16N2O4/c1-2-19-12(17)8-15(10-4-5-10)13(18)9-3-6-11(16)14-7-9/h3,6-7,10H,2,4-5,8H2,1H3,(H,14,16). The summed E-state index contributed by atoms with van der Waals surface area (Å²) in [4.78, 5) is 38.7. The highest BCUT2D eigenvalue weighted by atomic mass is 16.5. The highest BCUT2D eigenvalue weighted by molar-refractivity contribution is 5.96. The molecule has 1 N–H and O–H groups in total. The van der Waals surface area contributed by atoms with E-state index in [-0.39, 0.29) is 24.1 Å². The third kappa shape index (κ3) is 3.43. The lowest BCUT2D eigenvalue weighted by Crippen LogP contribution is -2.38. The van der Waals surface area contributed by atoms with E-state index in [1.54, 1.807) is 6.92 Å². The zero-order valence-electron chi connectivity index (χ0n) is 10.7. The van der Waals surface area contributed by atoms with Crippen molar-refractivity contribution >= 4 is 11.9 Å². The summed E-state index contributed by atoms with van der Waals surface area (Å²) in [5.41, 5.74) is 0.107. The van der Waals surface area contributed by atoms with Crippen LogP contribution in [-0.4, -0.2) is 41.0 Å². The molecule has 0 aliphatic heterocycles. The average molecular weight is 264 g/mol. The Morgan fingerprint density at radius 3 is 2.68 bits per heavy atom. The second-order valence-corrected chi connectivity index (χ2v) is 4.41. The molecule has 1 aliphatic rings. The van der Waals surface area contributed by atoms with Crippen LogP contribution in [0.3, 0.4) is 0 Å². The number of aromatic nitrogens is 1. The molecule has 0 radical (unpaired) electrons. The topological polar surface area (TPSA) is 79.5 Å². The van der Waals surface area contributed by atoms with Gasteiger partial charge >= 0.3 is 5.97 Å². The molecule has 0 atom stereocenters. The molecule has 1 aliphatic carbocycles. The van der Waals surface area contributed by atoms with Gasteiger partial charge in [0, 0.05) is 18.3 Å². The minimum absolute atomic E-state index is 0.0452. The summed E-state index contributed by atoms with van der Waals surface area (Å²) in [5.74, 6) is -0.668. The van der Waals surface area contributed by atoms with Gasteiger partial charge in [-0.05, 0) is 25.8 Å². The summed E-state index contributed by atoms with van der Waals surface area (Å²) in [7, 11) is 0. The minimum Gasteiger partial charge on any atom is -0.465 e. The number of nitrogens with zero attached hydrogens (tertiary/aromatic N) is 1. The van der Waals surface area contributed by atoms with Crippen molar-refractivity contribution in [2.75, 3.05) is 13.2 Å². The molecule has 0 aromatic carbocycles. The number of ether oxygens (including phenoxy) is 1. The Kier molecular flexibility index (Phi) is 3.99. The normalized spacial score (nSPS) is 13.9.